The minimum Gasteiger partial charge on any atom is -0.309 e. The second kappa shape index (κ2) is 7.81. The highest BCUT2D eigenvalue weighted by Crippen LogP contribution is 2.36. The number of hydrogen-bond acceptors (Lipinski definition) is 0. The number of nitrogens with zero attached hydrogens (tertiary/aromatic N) is 1. The van der Waals surface area contributed by atoms with Crippen molar-refractivity contribution >= 4 is 37.7 Å². The molecule has 2 heteroatoms. The Morgan fingerprint density at radius 2 is 1.38 bits per heavy atom. The molecule has 1 heterocycles. The minimum atomic E-state index is -0.391. The SMILES string of the molecule is [2H]c1c([2H])c([2H])c(-c2ccc3c4ccccc4n(-c4cccc(-c5ccccc5Br)c4)c3c2)c([2H])c1[2H]. The molecule has 0 spiro atoms. The number of hydrogen-bond donors (Lipinski definition) is 0. The Bertz CT molecular complexity index is 1830. The molecule has 6 aromatic rings. The van der Waals surface area contributed by atoms with Crippen LogP contribution in [0.25, 0.3) is 49.7 Å². The first-order valence-corrected chi connectivity index (χ1v) is 11.1. The molecule has 0 bridgehead atoms. The third-order valence-electron chi connectivity index (χ3n) is 5.75. The van der Waals surface area contributed by atoms with E-state index < -0.39 is 6.04 Å². The molecule has 1 aromatic heterocycles. The minimum absolute atomic E-state index is 0.201. The highest BCUT2D eigenvalue weighted by Gasteiger charge is 2.14. The highest BCUT2D eigenvalue weighted by molar-refractivity contribution is 9.10. The molecule has 0 saturated carbocycles. The lowest BCUT2D eigenvalue weighted by atomic mass is 10.0. The molecule has 1 nitrogen and oxygen atoms in total. The fourth-order valence-electron chi connectivity index (χ4n) is 4.31. The Hall–Kier alpha value is -3.62. The van der Waals surface area contributed by atoms with Crippen molar-refractivity contribution < 1.29 is 6.85 Å². The summed E-state index contributed by atoms with van der Waals surface area (Å²) in [5.41, 5.74) is 5.83. The third kappa shape index (κ3) is 3.16. The molecule has 5 aromatic carbocycles. The number of rotatable bonds is 3. The Kier molecular flexibility index (Phi) is 3.53. The first-order chi connectivity index (χ1) is 17.9. The van der Waals surface area contributed by atoms with E-state index in [0.29, 0.717) is 5.56 Å². The Labute approximate surface area is 202 Å². The van der Waals surface area contributed by atoms with E-state index in [1.807, 2.05) is 54.6 Å². The van der Waals surface area contributed by atoms with E-state index in [1.165, 1.54) is 0 Å². The number of benzene rings is 5. The average Bonchev–Trinajstić information content (AvgIpc) is 3.25. The fraction of sp³-hybridized carbons (Fsp3) is 0. The van der Waals surface area contributed by atoms with E-state index in [2.05, 4.69) is 56.9 Å². The maximum Gasteiger partial charge on any atom is 0.0629 e. The van der Waals surface area contributed by atoms with E-state index >= 15 is 0 Å². The number of fused-ring (bicyclic) bond motifs is 3. The van der Waals surface area contributed by atoms with E-state index in [0.717, 1.165) is 43.1 Å². The molecule has 0 aliphatic rings. The van der Waals surface area contributed by atoms with Crippen LogP contribution in [0.5, 0.6) is 0 Å². The van der Waals surface area contributed by atoms with Crippen LogP contribution < -0.4 is 0 Å². The van der Waals surface area contributed by atoms with Crippen molar-refractivity contribution in [1.29, 1.82) is 0 Å². The van der Waals surface area contributed by atoms with Crippen LogP contribution in [0.1, 0.15) is 6.85 Å². The molecule has 0 amide bonds. The van der Waals surface area contributed by atoms with Gasteiger partial charge in [0, 0.05) is 20.9 Å². The van der Waals surface area contributed by atoms with Crippen molar-refractivity contribution in [3.8, 4) is 27.9 Å². The number of halogens is 1. The van der Waals surface area contributed by atoms with E-state index in [9.17, 15) is 0 Å². The van der Waals surface area contributed by atoms with Gasteiger partial charge in [0.05, 0.1) is 17.9 Å². The maximum absolute atomic E-state index is 8.47. The van der Waals surface area contributed by atoms with E-state index in [-0.39, 0.29) is 29.7 Å². The summed E-state index contributed by atoms with van der Waals surface area (Å²) in [5.74, 6) is 0. The van der Waals surface area contributed by atoms with Crippen LogP contribution in [0.4, 0.5) is 0 Å². The lowest BCUT2D eigenvalue weighted by Crippen LogP contribution is -1.94. The predicted octanol–water partition coefficient (Wildman–Crippen LogP) is 8.88. The molecule has 0 saturated heterocycles. The summed E-state index contributed by atoms with van der Waals surface area (Å²) >= 11 is 3.67. The van der Waals surface area contributed by atoms with Crippen molar-refractivity contribution in [3.63, 3.8) is 0 Å². The van der Waals surface area contributed by atoms with Crippen LogP contribution in [-0.4, -0.2) is 4.57 Å². The van der Waals surface area contributed by atoms with Gasteiger partial charge in [0.25, 0.3) is 0 Å². The summed E-state index contributed by atoms with van der Waals surface area (Å²) in [5, 5.41) is 2.11. The number of aromatic nitrogens is 1. The van der Waals surface area contributed by atoms with Gasteiger partial charge < -0.3 is 4.57 Å². The molecule has 0 radical (unpaired) electrons. The normalized spacial score (nSPS) is 13.5. The summed E-state index contributed by atoms with van der Waals surface area (Å²) in [6.07, 6.45) is 0. The first-order valence-electron chi connectivity index (χ1n) is 12.8. The molecule has 0 atom stereocenters. The summed E-state index contributed by atoms with van der Waals surface area (Å²) < 4.78 is 44.3. The molecule has 0 aliphatic carbocycles. The quantitative estimate of drug-likeness (QED) is 0.239. The molecule has 0 fully saturated rings. The van der Waals surface area contributed by atoms with Gasteiger partial charge in [-0.15, -0.1) is 0 Å². The molecule has 32 heavy (non-hydrogen) atoms. The van der Waals surface area contributed by atoms with Gasteiger partial charge in [-0.3, -0.25) is 0 Å². The van der Waals surface area contributed by atoms with Gasteiger partial charge in [-0.25, -0.2) is 0 Å². The van der Waals surface area contributed by atoms with Gasteiger partial charge in [-0.1, -0.05) is 107 Å². The van der Waals surface area contributed by atoms with Crippen LogP contribution in [0.2, 0.25) is 0 Å². The molecular weight excluding hydrogens is 454 g/mol. The Morgan fingerprint density at radius 1 is 0.594 bits per heavy atom. The van der Waals surface area contributed by atoms with Gasteiger partial charge in [-0.2, -0.15) is 0 Å². The van der Waals surface area contributed by atoms with Gasteiger partial charge in [0.2, 0.25) is 0 Å². The molecule has 6 rings (SSSR count). The topological polar surface area (TPSA) is 4.93 Å². The summed E-state index contributed by atoms with van der Waals surface area (Å²) in [4.78, 5) is 0. The van der Waals surface area contributed by atoms with Crippen LogP contribution in [0.3, 0.4) is 0 Å². The molecule has 0 aliphatic heterocycles. The summed E-state index contributed by atoms with van der Waals surface area (Å²) in [6.45, 7) is 0. The van der Waals surface area contributed by atoms with Crippen molar-refractivity contribution in [1.82, 2.24) is 4.57 Å². The standard InChI is InChI=1S/C30H20BrN/c31-28-15-6-4-13-25(28)23-11-8-12-24(19-23)32-29-16-7-5-14-26(29)27-18-17-22(20-30(27)32)21-9-2-1-3-10-21/h1-20H/i1D,2D,3D,9D,10D. The summed E-state index contributed by atoms with van der Waals surface area (Å²) in [6, 6.07) is 28.8. The largest absolute Gasteiger partial charge is 0.309 e. The van der Waals surface area contributed by atoms with Crippen LogP contribution >= 0.6 is 15.9 Å². The fourth-order valence-corrected chi connectivity index (χ4v) is 4.82. The first kappa shape index (κ1) is 14.4. The van der Waals surface area contributed by atoms with E-state index in [1.54, 1.807) is 0 Å². The zero-order valence-electron chi connectivity index (χ0n) is 22.0. The lowest BCUT2D eigenvalue weighted by Gasteiger charge is -2.12. The van der Waals surface area contributed by atoms with Crippen molar-refractivity contribution in [3.05, 3.63) is 126 Å². The van der Waals surface area contributed by atoms with Crippen LogP contribution in [0, 0.1) is 0 Å². The van der Waals surface area contributed by atoms with Crippen LogP contribution in [0.15, 0.2) is 126 Å². The zero-order chi connectivity index (χ0) is 25.8. The summed E-state index contributed by atoms with van der Waals surface area (Å²) in [7, 11) is 0. The monoisotopic (exact) mass is 478 g/mol. The average molecular weight is 479 g/mol. The Morgan fingerprint density at radius 3 is 2.25 bits per heavy atom. The lowest BCUT2D eigenvalue weighted by molar-refractivity contribution is 1.18. The predicted molar refractivity (Wildman–Crippen MR) is 139 cm³/mol. The van der Waals surface area contributed by atoms with Gasteiger partial charge in [0.15, 0.2) is 0 Å². The molecule has 152 valence electrons. The van der Waals surface area contributed by atoms with Crippen molar-refractivity contribution in [2.75, 3.05) is 0 Å². The zero-order valence-corrected chi connectivity index (χ0v) is 18.6. The van der Waals surface area contributed by atoms with Gasteiger partial charge in [-0.05, 0) is 52.6 Å². The van der Waals surface area contributed by atoms with Crippen molar-refractivity contribution in [2.45, 2.75) is 0 Å². The molecule has 0 unspecified atom stereocenters. The molecular formula is C30H20BrN. The van der Waals surface area contributed by atoms with Gasteiger partial charge >= 0.3 is 0 Å². The van der Waals surface area contributed by atoms with Gasteiger partial charge in [0.1, 0.15) is 0 Å². The molecule has 0 N–H and O–H groups in total. The second-order valence-corrected chi connectivity index (χ2v) is 8.47. The second-order valence-electron chi connectivity index (χ2n) is 7.61. The smallest absolute Gasteiger partial charge is 0.0629 e. The highest BCUT2D eigenvalue weighted by atomic mass is 79.9. The maximum atomic E-state index is 8.47. The number of para-hydroxylation sites is 1. The third-order valence-corrected chi connectivity index (χ3v) is 6.44. The Balaban J connectivity index is 1.65. The van der Waals surface area contributed by atoms with Crippen molar-refractivity contribution in [2.24, 2.45) is 0 Å². The van der Waals surface area contributed by atoms with Crippen LogP contribution in [-0.2, 0) is 0 Å². The van der Waals surface area contributed by atoms with E-state index in [4.69, 9.17) is 6.85 Å².